The molecule has 1 aromatic heterocycles. The Balaban J connectivity index is 1.64. The van der Waals surface area contributed by atoms with Gasteiger partial charge in [-0.05, 0) is 38.8 Å². The first-order valence-corrected chi connectivity index (χ1v) is 10.3. The van der Waals surface area contributed by atoms with Gasteiger partial charge in [-0.3, -0.25) is 10.1 Å². The van der Waals surface area contributed by atoms with E-state index in [1.165, 1.54) is 11.3 Å². The minimum Gasteiger partial charge on any atom is -0.368 e. The quantitative estimate of drug-likeness (QED) is 0.457. The van der Waals surface area contributed by atoms with Crippen LogP contribution in [0.25, 0.3) is 0 Å². The van der Waals surface area contributed by atoms with Crippen LogP contribution < -0.4 is 10.6 Å². The smallest absolute Gasteiger partial charge is 0.325 e. The first-order chi connectivity index (χ1) is 13.5. The lowest BCUT2D eigenvalue weighted by molar-refractivity contribution is -0.0931. The van der Waals surface area contributed by atoms with E-state index >= 15 is 0 Å². The van der Waals surface area contributed by atoms with Crippen LogP contribution in [-0.4, -0.2) is 34.8 Å². The summed E-state index contributed by atoms with van der Waals surface area (Å²) in [6, 6.07) is 4.99. The number of carbonyl (C=O) groups excluding carboxylic acids is 2. The van der Waals surface area contributed by atoms with Gasteiger partial charge in [0.2, 0.25) is 0 Å². The molecule has 1 aromatic carbocycles. The number of rotatable bonds is 8. The number of hydrogen-bond acceptors (Lipinski definition) is 6. The van der Waals surface area contributed by atoms with Crippen LogP contribution in [0.15, 0.2) is 23.6 Å². The number of carbonyl (C=O) groups is 2. The average molecular weight is 404 g/mol. The number of nitrogens with one attached hydrogen (secondary N) is 2. The number of benzene rings is 1. The summed E-state index contributed by atoms with van der Waals surface area (Å²) >= 11 is 1.26. The fourth-order valence-corrected chi connectivity index (χ4v) is 3.72. The molecular weight excluding hydrogens is 378 g/mol. The number of amides is 2. The molecule has 150 valence electrons. The molecule has 1 saturated carbocycles. The Morgan fingerprint density at radius 3 is 2.82 bits per heavy atom. The summed E-state index contributed by atoms with van der Waals surface area (Å²) in [5, 5.41) is 17.3. The molecule has 1 aliphatic carbocycles. The average Bonchev–Trinajstić information content (AvgIpc) is 3.01. The monoisotopic (exact) mass is 403 g/mol. The lowest BCUT2D eigenvalue weighted by Gasteiger charge is -2.25. The molecule has 1 unspecified atom stereocenters. The normalized spacial score (nSPS) is 15.0. The third kappa shape index (κ3) is 5.15. The number of aromatic nitrogens is 1. The largest absolute Gasteiger partial charge is 0.368 e. The van der Waals surface area contributed by atoms with E-state index in [0.717, 1.165) is 24.8 Å². The van der Waals surface area contributed by atoms with Crippen LogP contribution in [0.1, 0.15) is 47.8 Å². The van der Waals surface area contributed by atoms with Gasteiger partial charge in [0, 0.05) is 29.9 Å². The van der Waals surface area contributed by atoms with Crippen LogP contribution in [-0.2, 0) is 11.2 Å². The van der Waals surface area contributed by atoms with Crippen molar-refractivity contribution in [1.29, 1.82) is 0 Å². The van der Waals surface area contributed by atoms with Gasteiger partial charge in [0.05, 0.1) is 11.4 Å². The van der Waals surface area contributed by atoms with Crippen LogP contribution >= 0.6 is 11.3 Å². The Morgan fingerprint density at radius 2 is 2.14 bits per heavy atom. The maximum atomic E-state index is 12.7. The molecule has 8 heteroatoms. The molecule has 1 fully saturated rings. The van der Waals surface area contributed by atoms with Gasteiger partial charge in [-0.1, -0.05) is 18.1 Å². The Morgan fingerprint density at radius 1 is 1.36 bits per heavy atom. The maximum absolute atomic E-state index is 12.7. The molecule has 0 spiro atoms. The summed E-state index contributed by atoms with van der Waals surface area (Å²) in [5.41, 5.74) is 2.67. The summed E-state index contributed by atoms with van der Waals surface area (Å²) in [5.74, 6) is 0.149. The number of Topliss-reactive ketones (excluding diaryl/α,β-unsaturated/α-hetero) is 1. The molecule has 3 N–H and O–H groups in total. The molecule has 0 saturated heterocycles. The lowest BCUT2D eigenvalue weighted by atomic mass is 9.79. The van der Waals surface area contributed by atoms with Crippen LogP contribution in [0.2, 0.25) is 0 Å². The highest BCUT2D eigenvalue weighted by Crippen LogP contribution is 2.32. The highest BCUT2D eigenvalue weighted by molar-refractivity contribution is 7.13. The molecule has 28 heavy (non-hydrogen) atoms. The minimum atomic E-state index is -0.915. The van der Waals surface area contributed by atoms with Gasteiger partial charge in [-0.2, -0.15) is 0 Å². The van der Waals surface area contributed by atoms with Crippen molar-refractivity contribution >= 4 is 34.0 Å². The number of nitrogens with zero attached hydrogens (tertiary/aromatic N) is 1. The SMILES string of the molecule is CCOC(O)Cc1csc(NC(=O)Nc2ccc(C)cc2C(=O)C2CCC2)n1. The predicted octanol–water partition coefficient (Wildman–Crippen LogP) is 3.98. The van der Waals surface area contributed by atoms with E-state index in [9.17, 15) is 14.7 Å². The Kier molecular flexibility index (Phi) is 6.77. The summed E-state index contributed by atoms with van der Waals surface area (Å²) in [6.45, 7) is 4.14. The van der Waals surface area contributed by atoms with E-state index in [0.29, 0.717) is 28.7 Å². The second-order valence-electron chi connectivity index (χ2n) is 6.88. The minimum absolute atomic E-state index is 0.0590. The van der Waals surface area contributed by atoms with Gasteiger partial charge in [0.25, 0.3) is 0 Å². The van der Waals surface area contributed by atoms with Gasteiger partial charge in [-0.25, -0.2) is 9.78 Å². The van der Waals surface area contributed by atoms with Crippen molar-refractivity contribution in [3.05, 3.63) is 40.4 Å². The molecule has 1 aliphatic rings. The Hall–Kier alpha value is -2.29. The summed E-state index contributed by atoms with van der Waals surface area (Å²) in [6.07, 6.45) is 2.24. The number of ether oxygens (including phenoxy) is 1. The third-order valence-electron chi connectivity index (χ3n) is 4.68. The van der Waals surface area contributed by atoms with Crippen LogP contribution in [0.3, 0.4) is 0 Å². The number of thiazole rings is 1. The number of ketones is 1. The summed E-state index contributed by atoms with van der Waals surface area (Å²) in [4.78, 5) is 29.3. The van der Waals surface area contributed by atoms with E-state index in [4.69, 9.17) is 4.74 Å². The molecule has 1 atom stereocenters. The highest BCUT2D eigenvalue weighted by Gasteiger charge is 2.28. The van der Waals surface area contributed by atoms with Gasteiger partial charge in [0.15, 0.2) is 17.2 Å². The number of aliphatic hydroxyl groups excluding tert-OH is 1. The van der Waals surface area contributed by atoms with Crippen LogP contribution in [0, 0.1) is 12.8 Å². The number of anilines is 2. The van der Waals surface area contributed by atoms with Crippen molar-refractivity contribution in [3.63, 3.8) is 0 Å². The lowest BCUT2D eigenvalue weighted by Crippen LogP contribution is -2.25. The number of aryl methyl sites for hydroxylation is 1. The number of aliphatic hydroxyl groups is 1. The fraction of sp³-hybridized carbons (Fsp3) is 0.450. The first kappa shape index (κ1) is 20.4. The second kappa shape index (κ2) is 9.27. The molecule has 0 bridgehead atoms. The summed E-state index contributed by atoms with van der Waals surface area (Å²) < 4.78 is 5.08. The number of urea groups is 1. The Labute approximate surface area is 168 Å². The van der Waals surface area contributed by atoms with Crippen molar-refractivity contribution in [2.24, 2.45) is 5.92 Å². The molecule has 0 radical (unpaired) electrons. The molecule has 7 nitrogen and oxygen atoms in total. The third-order valence-corrected chi connectivity index (χ3v) is 5.49. The van der Waals surface area contributed by atoms with Crippen molar-refractivity contribution in [2.45, 2.75) is 45.8 Å². The van der Waals surface area contributed by atoms with Crippen molar-refractivity contribution in [2.75, 3.05) is 17.2 Å². The maximum Gasteiger partial charge on any atom is 0.325 e. The van der Waals surface area contributed by atoms with E-state index in [1.54, 1.807) is 18.4 Å². The molecule has 2 aromatic rings. The standard InChI is InChI=1S/C20H25N3O4S/c1-3-27-17(24)10-14-11-28-20(21-14)23-19(26)22-16-8-7-12(2)9-15(16)18(25)13-5-4-6-13/h7-9,11,13,17,24H,3-6,10H2,1-2H3,(H2,21,22,23,26). The van der Waals surface area contributed by atoms with Gasteiger partial charge in [0.1, 0.15) is 0 Å². The highest BCUT2D eigenvalue weighted by atomic mass is 32.1. The van der Waals surface area contributed by atoms with Gasteiger partial charge < -0.3 is 15.2 Å². The molecular formula is C20H25N3O4S. The van der Waals surface area contributed by atoms with Crippen LogP contribution in [0.5, 0.6) is 0 Å². The van der Waals surface area contributed by atoms with Crippen molar-refractivity contribution < 1.29 is 19.4 Å². The van der Waals surface area contributed by atoms with E-state index in [2.05, 4.69) is 15.6 Å². The van der Waals surface area contributed by atoms with E-state index < -0.39 is 12.3 Å². The predicted molar refractivity (Wildman–Crippen MR) is 109 cm³/mol. The number of hydrogen-bond donors (Lipinski definition) is 3. The van der Waals surface area contributed by atoms with E-state index in [-0.39, 0.29) is 18.1 Å². The van der Waals surface area contributed by atoms with Gasteiger partial charge >= 0.3 is 6.03 Å². The summed E-state index contributed by atoms with van der Waals surface area (Å²) in [7, 11) is 0. The first-order valence-electron chi connectivity index (χ1n) is 9.43. The Bertz CT molecular complexity index is 848. The van der Waals surface area contributed by atoms with Crippen LogP contribution in [0.4, 0.5) is 15.6 Å². The van der Waals surface area contributed by atoms with Gasteiger partial charge in [-0.15, -0.1) is 11.3 Å². The van der Waals surface area contributed by atoms with Crippen molar-refractivity contribution in [3.8, 4) is 0 Å². The fourth-order valence-electron chi connectivity index (χ4n) is 3.00. The second-order valence-corrected chi connectivity index (χ2v) is 7.74. The zero-order valence-electron chi connectivity index (χ0n) is 16.0. The molecule has 0 aliphatic heterocycles. The van der Waals surface area contributed by atoms with Crippen molar-refractivity contribution in [1.82, 2.24) is 4.98 Å². The van der Waals surface area contributed by atoms with E-state index in [1.807, 2.05) is 19.1 Å². The molecule has 3 rings (SSSR count). The molecule has 1 heterocycles. The zero-order chi connectivity index (χ0) is 20.1. The molecule has 2 amide bonds. The zero-order valence-corrected chi connectivity index (χ0v) is 16.8. The topological polar surface area (TPSA) is 101 Å².